The van der Waals surface area contributed by atoms with E-state index in [1.807, 2.05) is 24.3 Å². The van der Waals surface area contributed by atoms with Gasteiger partial charge in [0.2, 0.25) is 5.91 Å². The summed E-state index contributed by atoms with van der Waals surface area (Å²) >= 11 is 1.28. The molecule has 0 heterocycles. The minimum absolute atomic E-state index is 0.00534. The predicted molar refractivity (Wildman–Crippen MR) is 122 cm³/mol. The van der Waals surface area contributed by atoms with Gasteiger partial charge >= 0.3 is 12.1 Å². The molecule has 1 unspecified atom stereocenters. The molecule has 1 atom stereocenters. The number of carboxylic acid groups (broad SMARTS) is 1. The van der Waals surface area contributed by atoms with E-state index in [0.29, 0.717) is 12.3 Å². The van der Waals surface area contributed by atoms with E-state index >= 15 is 0 Å². The Labute approximate surface area is 190 Å². The fourth-order valence-corrected chi connectivity index (χ4v) is 4.12. The second-order valence-corrected chi connectivity index (χ2v) is 8.77. The van der Waals surface area contributed by atoms with E-state index in [4.69, 9.17) is 9.84 Å². The van der Waals surface area contributed by atoms with Crippen molar-refractivity contribution in [2.45, 2.75) is 18.4 Å². The van der Waals surface area contributed by atoms with Crippen molar-refractivity contribution in [2.75, 3.05) is 31.2 Å². The molecule has 0 aromatic heterocycles. The number of hydrogen-bond acceptors (Lipinski definition) is 6. The molecule has 1 aliphatic rings. The standard InChI is InChI=1S/C23H26N2O6S/c1-23(30,21(27)28)14-25-20(26)13-32-11-10-24-22(29)31-12-19-17-8-4-2-6-15(17)16-7-3-5-9-18(16)19/h2-9,19,30H,10-14H2,1H3,(H,24,29)(H,25,26)(H,27,28). The lowest BCUT2D eigenvalue weighted by molar-refractivity contribution is -0.156. The molecule has 0 fully saturated rings. The summed E-state index contributed by atoms with van der Waals surface area (Å²) in [6.45, 7) is 1.29. The van der Waals surface area contributed by atoms with Crippen LogP contribution in [0.5, 0.6) is 0 Å². The van der Waals surface area contributed by atoms with Crippen molar-refractivity contribution >= 4 is 29.7 Å². The molecule has 170 valence electrons. The number of alkyl carbamates (subject to hydrolysis) is 1. The number of fused-ring (bicyclic) bond motifs is 3. The van der Waals surface area contributed by atoms with Gasteiger partial charge in [-0.2, -0.15) is 11.8 Å². The highest BCUT2D eigenvalue weighted by atomic mass is 32.2. The number of benzene rings is 2. The number of ether oxygens (including phenoxy) is 1. The Hall–Kier alpha value is -3.04. The summed E-state index contributed by atoms with van der Waals surface area (Å²) in [5.41, 5.74) is 2.61. The molecule has 32 heavy (non-hydrogen) atoms. The van der Waals surface area contributed by atoms with Crippen molar-refractivity contribution in [2.24, 2.45) is 0 Å². The Morgan fingerprint density at radius 3 is 2.22 bits per heavy atom. The zero-order chi connectivity index (χ0) is 23.1. The Morgan fingerprint density at radius 2 is 1.62 bits per heavy atom. The molecule has 2 aromatic rings. The van der Waals surface area contributed by atoms with Gasteiger partial charge < -0.3 is 25.6 Å². The molecule has 0 saturated carbocycles. The maximum Gasteiger partial charge on any atom is 0.407 e. The molecule has 2 amide bonds. The van der Waals surface area contributed by atoms with Crippen LogP contribution in [0.15, 0.2) is 48.5 Å². The van der Waals surface area contributed by atoms with Crippen LogP contribution in [-0.2, 0) is 14.3 Å². The minimum atomic E-state index is -2.01. The first kappa shape index (κ1) is 23.6. The first-order chi connectivity index (χ1) is 15.3. The van der Waals surface area contributed by atoms with Crippen molar-refractivity contribution in [3.63, 3.8) is 0 Å². The van der Waals surface area contributed by atoms with Gasteiger partial charge in [0.15, 0.2) is 5.60 Å². The first-order valence-electron chi connectivity index (χ1n) is 10.2. The zero-order valence-electron chi connectivity index (χ0n) is 17.7. The van der Waals surface area contributed by atoms with Crippen LogP contribution in [0, 0.1) is 0 Å². The zero-order valence-corrected chi connectivity index (χ0v) is 18.5. The SMILES string of the molecule is CC(O)(CNC(=O)CSCCNC(=O)OCC1c2ccccc2-c2ccccc21)C(=O)O. The third-order valence-electron chi connectivity index (χ3n) is 5.18. The van der Waals surface area contributed by atoms with Gasteiger partial charge in [-0.25, -0.2) is 9.59 Å². The van der Waals surface area contributed by atoms with Crippen molar-refractivity contribution in [1.29, 1.82) is 0 Å². The van der Waals surface area contributed by atoms with Crippen LogP contribution in [0.4, 0.5) is 4.79 Å². The number of rotatable bonds is 10. The fraction of sp³-hybridized carbons (Fsp3) is 0.348. The lowest BCUT2D eigenvalue weighted by atomic mass is 9.98. The van der Waals surface area contributed by atoms with Crippen LogP contribution in [-0.4, -0.2) is 65.0 Å². The minimum Gasteiger partial charge on any atom is -0.479 e. The average Bonchev–Trinajstić information content (AvgIpc) is 3.10. The maximum atomic E-state index is 12.1. The second kappa shape index (κ2) is 10.5. The summed E-state index contributed by atoms with van der Waals surface area (Å²) < 4.78 is 5.44. The number of aliphatic carboxylic acids is 1. The normalized spacial score (nSPS) is 14.1. The largest absolute Gasteiger partial charge is 0.479 e. The van der Waals surface area contributed by atoms with E-state index in [0.717, 1.165) is 29.2 Å². The van der Waals surface area contributed by atoms with Crippen LogP contribution in [0.25, 0.3) is 11.1 Å². The first-order valence-corrected chi connectivity index (χ1v) is 11.3. The lowest BCUT2D eigenvalue weighted by Gasteiger charge is -2.18. The molecule has 0 bridgehead atoms. The molecule has 2 aromatic carbocycles. The van der Waals surface area contributed by atoms with Gasteiger partial charge in [0, 0.05) is 18.2 Å². The number of carboxylic acids is 1. The average molecular weight is 459 g/mol. The van der Waals surface area contributed by atoms with E-state index in [-0.39, 0.29) is 24.8 Å². The number of carbonyl (C=O) groups is 3. The molecule has 8 nitrogen and oxygen atoms in total. The van der Waals surface area contributed by atoms with Crippen LogP contribution in [0.3, 0.4) is 0 Å². The van der Waals surface area contributed by atoms with Crippen molar-refractivity contribution in [3.05, 3.63) is 59.7 Å². The Balaban J connectivity index is 1.36. The van der Waals surface area contributed by atoms with Crippen molar-refractivity contribution in [1.82, 2.24) is 10.6 Å². The molecule has 0 saturated heterocycles. The van der Waals surface area contributed by atoms with E-state index in [1.165, 1.54) is 11.8 Å². The van der Waals surface area contributed by atoms with Gasteiger partial charge in [-0.1, -0.05) is 48.5 Å². The Morgan fingerprint density at radius 1 is 1.03 bits per heavy atom. The van der Waals surface area contributed by atoms with Gasteiger partial charge in [-0.05, 0) is 29.2 Å². The van der Waals surface area contributed by atoms with Crippen LogP contribution in [0.1, 0.15) is 24.0 Å². The number of aliphatic hydroxyl groups is 1. The van der Waals surface area contributed by atoms with E-state index in [9.17, 15) is 19.5 Å². The van der Waals surface area contributed by atoms with Crippen molar-refractivity contribution < 1.29 is 29.3 Å². The molecule has 9 heteroatoms. The maximum absolute atomic E-state index is 12.1. The van der Waals surface area contributed by atoms with Crippen LogP contribution in [0.2, 0.25) is 0 Å². The second-order valence-electron chi connectivity index (χ2n) is 7.66. The monoisotopic (exact) mass is 458 g/mol. The molecule has 0 radical (unpaired) electrons. The van der Waals surface area contributed by atoms with Gasteiger partial charge in [0.1, 0.15) is 6.61 Å². The third kappa shape index (κ3) is 5.80. The third-order valence-corrected chi connectivity index (χ3v) is 6.14. The summed E-state index contributed by atoms with van der Waals surface area (Å²) in [5, 5.41) is 23.4. The van der Waals surface area contributed by atoms with E-state index < -0.39 is 23.6 Å². The summed E-state index contributed by atoms with van der Waals surface area (Å²) in [6, 6.07) is 16.2. The number of carbonyl (C=O) groups excluding carboxylic acids is 2. The molecular formula is C23H26N2O6S. The topological polar surface area (TPSA) is 125 Å². The Bertz CT molecular complexity index is 948. The molecule has 4 N–H and O–H groups in total. The van der Waals surface area contributed by atoms with Crippen LogP contribution >= 0.6 is 11.8 Å². The quantitative estimate of drug-likeness (QED) is 0.402. The number of thioether (sulfide) groups is 1. The predicted octanol–water partition coefficient (Wildman–Crippen LogP) is 2.21. The highest BCUT2D eigenvalue weighted by Gasteiger charge is 2.30. The summed E-state index contributed by atoms with van der Waals surface area (Å²) in [4.78, 5) is 34.6. The molecular weight excluding hydrogens is 432 g/mol. The van der Waals surface area contributed by atoms with Gasteiger partial charge in [0.05, 0.1) is 12.3 Å². The van der Waals surface area contributed by atoms with E-state index in [1.54, 1.807) is 0 Å². The van der Waals surface area contributed by atoms with Gasteiger partial charge in [-0.3, -0.25) is 4.79 Å². The highest BCUT2D eigenvalue weighted by molar-refractivity contribution is 7.99. The summed E-state index contributed by atoms with van der Waals surface area (Å²) in [7, 11) is 0. The van der Waals surface area contributed by atoms with Crippen molar-refractivity contribution in [3.8, 4) is 11.1 Å². The Kier molecular flexibility index (Phi) is 7.76. The smallest absolute Gasteiger partial charge is 0.407 e. The number of nitrogens with one attached hydrogen (secondary N) is 2. The molecule has 0 aliphatic heterocycles. The molecule has 0 spiro atoms. The van der Waals surface area contributed by atoms with E-state index in [2.05, 4.69) is 34.9 Å². The van der Waals surface area contributed by atoms with Gasteiger partial charge in [0.25, 0.3) is 0 Å². The summed E-state index contributed by atoms with van der Waals surface area (Å²) in [5.74, 6) is -1.24. The van der Waals surface area contributed by atoms with Gasteiger partial charge in [-0.15, -0.1) is 0 Å². The highest BCUT2D eigenvalue weighted by Crippen LogP contribution is 2.44. The molecule has 1 aliphatic carbocycles. The summed E-state index contributed by atoms with van der Waals surface area (Å²) in [6.07, 6.45) is -0.519. The number of amides is 2. The lowest BCUT2D eigenvalue weighted by Crippen LogP contribution is -2.47. The number of hydrogen-bond donors (Lipinski definition) is 4. The van der Waals surface area contributed by atoms with Crippen LogP contribution < -0.4 is 10.6 Å². The molecule has 3 rings (SSSR count). The fourth-order valence-electron chi connectivity index (χ4n) is 3.44.